The third-order valence-corrected chi connectivity index (χ3v) is 3.68. The van der Waals surface area contributed by atoms with Crippen molar-refractivity contribution in [3.05, 3.63) is 46.1 Å². The summed E-state index contributed by atoms with van der Waals surface area (Å²) in [5.74, 6) is 0.416. The highest BCUT2D eigenvalue weighted by atomic mass is 32.1. The van der Waals surface area contributed by atoms with Crippen molar-refractivity contribution < 1.29 is 4.92 Å². The summed E-state index contributed by atoms with van der Waals surface area (Å²) in [5.41, 5.74) is 7.68. The molecule has 0 aliphatic carbocycles. The molecule has 0 saturated heterocycles. The van der Waals surface area contributed by atoms with Gasteiger partial charge in [-0.05, 0) is 17.7 Å². The van der Waals surface area contributed by atoms with Crippen molar-refractivity contribution in [1.29, 1.82) is 0 Å². The van der Waals surface area contributed by atoms with Crippen molar-refractivity contribution in [3.8, 4) is 11.1 Å². The average Bonchev–Trinajstić information content (AvgIpc) is 2.84. The lowest BCUT2D eigenvalue weighted by Gasteiger charge is -2.01. The molecule has 1 aromatic carbocycles. The van der Waals surface area contributed by atoms with Crippen LogP contribution in [0.3, 0.4) is 0 Å². The topological polar surface area (TPSA) is 94.9 Å². The third-order valence-electron chi connectivity index (χ3n) is 2.79. The van der Waals surface area contributed by atoms with Crippen LogP contribution in [0.5, 0.6) is 0 Å². The van der Waals surface area contributed by atoms with Crippen LogP contribution >= 0.6 is 11.3 Å². The SMILES string of the molecule is Nc1ncnc2scc(-c3ccc([N+](=O)[O-])cc3)c12. The van der Waals surface area contributed by atoms with E-state index in [4.69, 9.17) is 5.73 Å². The molecule has 0 aliphatic heterocycles. The van der Waals surface area contributed by atoms with Gasteiger partial charge in [0, 0.05) is 23.1 Å². The summed E-state index contributed by atoms with van der Waals surface area (Å²) >= 11 is 1.47. The number of nitro benzene ring substituents is 1. The lowest BCUT2D eigenvalue weighted by atomic mass is 10.1. The van der Waals surface area contributed by atoms with E-state index in [1.807, 2.05) is 5.38 Å². The van der Waals surface area contributed by atoms with Crippen molar-refractivity contribution in [3.63, 3.8) is 0 Å². The molecular weight excluding hydrogens is 264 g/mol. The minimum Gasteiger partial charge on any atom is -0.383 e. The molecule has 0 saturated carbocycles. The Morgan fingerprint density at radius 3 is 2.63 bits per heavy atom. The fourth-order valence-corrected chi connectivity index (χ4v) is 2.80. The van der Waals surface area contributed by atoms with E-state index >= 15 is 0 Å². The quantitative estimate of drug-likeness (QED) is 0.571. The van der Waals surface area contributed by atoms with Gasteiger partial charge in [-0.2, -0.15) is 0 Å². The highest BCUT2D eigenvalue weighted by molar-refractivity contribution is 7.17. The van der Waals surface area contributed by atoms with Crippen LogP contribution in [-0.2, 0) is 0 Å². The number of thiophene rings is 1. The first-order valence-electron chi connectivity index (χ1n) is 5.39. The average molecular weight is 272 g/mol. The van der Waals surface area contributed by atoms with Gasteiger partial charge in [-0.3, -0.25) is 10.1 Å². The third kappa shape index (κ3) is 1.89. The first kappa shape index (κ1) is 11.5. The van der Waals surface area contributed by atoms with Gasteiger partial charge in [-0.25, -0.2) is 9.97 Å². The van der Waals surface area contributed by atoms with E-state index < -0.39 is 4.92 Å². The van der Waals surface area contributed by atoms with Crippen LogP contribution in [0.4, 0.5) is 11.5 Å². The lowest BCUT2D eigenvalue weighted by Crippen LogP contribution is -1.92. The molecule has 19 heavy (non-hydrogen) atoms. The molecule has 3 aromatic rings. The molecule has 0 fully saturated rings. The Morgan fingerprint density at radius 2 is 1.95 bits per heavy atom. The number of nitrogens with two attached hydrogens (primary N) is 1. The predicted octanol–water partition coefficient (Wildman–Crippen LogP) is 2.85. The van der Waals surface area contributed by atoms with E-state index in [0.717, 1.165) is 21.3 Å². The molecule has 3 rings (SSSR count). The molecule has 7 heteroatoms. The Morgan fingerprint density at radius 1 is 1.21 bits per heavy atom. The van der Waals surface area contributed by atoms with Crippen LogP contribution in [0.2, 0.25) is 0 Å². The second kappa shape index (κ2) is 4.29. The minimum absolute atomic E-state index is 0.0625. The van der Waals surface area contributed by atoms with Crippen molar-refractivity contribution in [2.45, 2.75) is 0 Å². The zero-order chi connectivity index (χ0) is 13.4. The van der Waals surface area contributed by atoms with Crippen LogP contribution in [0.25, 0.3) is 21.3 Å². The van der Waals surface area contributed by atoms with Crippen LogP contribution in [0.1, 0.15) is 0 Å². The number of fused-ring (bicyclic) bond motifs is 1. The standard InChI is InChI=1S/C12H8N4O2S/c13-11-10-9(5-19-12(10)15-6-14-11)7-1-3-8(4-2-7)16(17)18/h1-6H,(H2,13,14,15). The van der Waals surface area contributed by atoms with E-state index in [2.05, 4.69) is 9.97 Å². The summed E-state index contributed by atoms with van der Waals surface area (Å²) in [6.45, 7) is 0. The van der Waals surface area contributed by atoms with E-state index in [1.165, 1.54) is 29.8 Å². The summed E-state index contributed by atoms with van der Waals surface area (Å²) < 4.78 is 0. The number of aromatic nitrogens is 2. The van der Waals surface area contributed by atoms with Crippen LogP contribution in [0.15, 0.2) is 36.0 Å². The molecule has 0 atom stereocenters. The number of rotatable bonds is 2. The van der Waals surface area contributed by atoms with Crippen LogP contribution < -0.4 is 5.73 Å². The number of benzene rings is 1. The molecular formula is C12H8N4O2S. The summed E-state index contributed by atoms with van der Waals surface area (Å²) in [6, 6.07) is 6.34. The highest BCUT2D eigenvalue weighted by Gasteiger charge is 2.12. The van der Waals surface area contributed by atoms with Crippen molar-refractivity contribution in [2.75, 3.05) is 5.73 Å². The molecule has 0 bridgehead atoms. The van der Waals surface area contributed by atoms with Gasteiger partial charge in [0.05, 0.1) is 10.3 Å². The van der Waals surface area contributed by atoms with Gasteiger partial charge in [-0.1, -0.05) is 0 Å². The Labute approximate surface area is 111 Å². The summed E-state index contributed by atoms with van der Waals surface area (Å²) in [4.78, 5) is 19.1. The molecule has 0 spiro atoms. The Balaban J connectivity index is 2.16. The van der Waals surface area contributed by atoms with E-state index in [-0.39, 0.29) is 5.69 Å². The minimum atomic E-state index is -0.424. The molecule has 94 valence electrons. The number of hydrogen-bond donors (Lipinski definition) is 1. The number of nitro groups is 1. The van der Waals surface area contributed by atoms with Gasteiger partial charge in [0.25, 0.3) is 5.69 Å². The molecule has 6 nitrogen and oxygen atoms in total. The van der Waals surface area contributed by atoms with E-state index in [0.29, 0.717) is 5.82 Å². The van der Waals surface area contributed by atoms with E-state index in [1.54, 1.807) is 12.1 Å². The normalized spacial score (nSPS) is 10.7. The zero-order valence-electron chi connectivity index (χ0n) is 9.61. The Bertz CT molecular complexity index is 767. The fourth-order valence-electron chi connectivity index (χ4n) is 1.87. The van der Waals surface area contributed by atoms with Crippen LogP contribution in [0, 0.1) is 10.1 Å². The molecule has 0 aliphatic rings. The van der Waals surface area contributed by atoms with Crippen molar-refractivity contribution >= 4 is 33.1 Å². The Kier molecular flexibility index (Phi) is 2.60. The lowest BCUT2D eigenvalue weighted by molar-refractivity contribution is -0.384. The first-order valence-corrected chi connectivity index (χ1v) is 6.27. The molecule has 0 amide bonds. The fraction of sp³-hybridized carbons (Fsp3) is 0. The number of hydrogen-bond acceptors (Lipinski definition) is 6. The second-order valence-electron chi connectivity index (χ2n) is 3.89. The van der Waals surface area contributed by atoms with Gasteiger partial charge < -0.3 is 5.73 Å². The van der Waals surface area contributed by atoms with E-state index in [9.17, 15) is 10.1 Å². The molecule has 2 heterocycles. The maximum atomic E-state index is 10.6. The van der Waals surface area contributed by atoms with Gasteiger partial charge in [0.1, 0.15) is 17.0 Å². The van der Waals surface area contributed by atoms with Gasteiger partial charge in [0.2, 0.25) is 0 Å². The highest BCUT2D eigenvalue weighted by Crippen LogP contribution is 2.35. The number of non-ortho nitro benzene ring substituents is 1. The largest absolute Gasteiger partial charge is 0.383 e. The number of nitrogens with zero attached hydrogens (tertiary/aromatic N) is 3. The van der Waals surface area contributed by atoms with Gasteiger partial charge in [0.15, 0.2) is 0 Å². The zero-order valence-corrected chi connectivity index (χ0v) is 10.4. The summed E-state index contributed by atoms with van der Waals surface area (Å²) in [7, 11) is 0. The summed E-state index contributed by atoms with van der Waals surface area (Å²) in [6.07, 6.45) is 1.42. The van der Waals surface area contributed by atoms with Crippen molar-refractivity contribution in [2.24, 2.45) is 0 Å². The van der Waals surface area contributed by atoms with Crippen LogP contribution in [-0.4, -0.2) is 14.9 Å². The van der Waals surface area contributed by atoms with Gasteiger partial charge >= 0.3 is 0 Å². The Hall–Kier alpha value is -2.54. The molecule has 0 unspecified atom stereocenters. The molecule has 2 N–H and O–H groups in total. The smallest absolute Gasteiger partial charge is 0.269 e. The second-order valence-corrected chi connectivity index (χ2v) is 4.75. The number of nitrogen functional groups attached to an aromatic ring is 1. The van der Waals surface area contributed by atoms with Crippen molar-refractivity contribution in [1.82, 2.24) is 9.97 Å². The van der Waals surface area contributed by atoms with Gasteiger partial charge in [-0.15, -0.1) is 11.3 Å². The maximum absolute atomic E-state index is 10.6. The predicted molar refractivity (Wildman–Crippen MR) is 73.9 cm³/mol. The first-order chi connectivity index (χ1) is 9.16. The molecule has 0 radical (unpaired) electrons. The molecule has 2 aromatic heterocycles. The monoisotopic (exact) mass is 272 g/mol. The summed E-state index contributed by atoms with van der Waals surface area (Å²) in [5, 5.41) is 13.4. The maximum Gasteiger partial charge on any atom is 0.269 e. The number of anilines is 1.